The number of nitrogen functional groups attached to an aromatic ring is 1. The van der Waals surface area contributed by atoms with Crippen LogP contribution >= 0.6 is 12.2 Å². The number of benzene rings is 1. The summed E-state index contributed by atoms with van der Waals surface area (Å²) in [4.78, 5) is 23.1. The standard InChI is InChI=1S/C11H9N3O2S/c12-8-4-2-1-3-6(8)5-7-9(15)13-11(17)14-10(7)16/h1-5H,12H2,(H2,13,14,15,16,17). The normalized spacial score (nSPS) is 15.3. The third-order valence-corrected chi connectivity index (χ3v) is 2.44. The second-order valence-corrected chi connectivity index (χ2v) is 3.83. The number of para-hydroxylation sites is 1. The molecule has 1 aromatic carbocycles. The number of carbonyl (C=O) groups excluding carboxylic acids is 2. The zero-order chi connectivity index (χ0) is 12.4. The maximum atomic E-state index is 11.6. The summed E-state index contributed by atoms with van der Waals surface area (Å²) in [5, 5.41) is 4.71. The molecule has 0 spiro atoms. The van der Waals surface area contributed by atoms with Crippen molar-refractivity contribution in [2.24, 2.45) is 0 Å². The number of hydrogen-bond donors (Lipinski definition) is 3. The fourth-order valence-electron chi connectivity index (χ4n) is 1.40. The molecule has 2 rings (SSSR count). The van der Waals surface area contributed by atoms with Crippen LogP contribution in [-0.4, -0.2) is 16.9 Å². The van der Waals surface area contributed by atoms with E-state index in [1.54, 1.807) is 24.3 Å². The number of hydrogen-bond acceptors (Lipinski definition) is 4. The number of rotatable bonds is 1. The molecule has 1 aliphatic rings. The molecule has 6 heteroatoms. The van der Waals surface area contributed by atoms with Crippen LogP contribution in [0, 0.1) is 0 Å². The van der Waals surface area contributed by atoms with Gasteiger partial charge in [0.05, 0.1) is 0 Å². The third kappa shape index (κ3) is 2.31. The van der Waals surface area contributed by atoms with Crippen molar-refractivity contribution in [2.75, 3.05) is 5.73 Å². The molecule has 5 nitrogen and oxygen atoms in total. The molecule has 1 fully saturated rings. The molecule has 17 heavy (non-hydrogen) atoms. The molecule has 86 valence electrons. The van der Waals surface area contributed by atoms with E-state index in [-0.39, 0.29) is 10.7 Å². The minimum Gasteiger partial charge on any atom is -0.398 e. The van der Waals surface area contributed by atoms with Gasteiger partial charge in [0.25, 0.3) is 11.8 Å². The van der Waals surface area contributed by atoms with Crippen LogP contribution in [-0.2, 0) is 9.59 Å². The first-order valence-corrected chi connectivity index (χ1v) is 5.21. The van der Waals surface area contributed by atoms with Gasteiger partial charge in [-0.15, -0.1) is 0 Å². The van der Waals surface area contributed by atoms with E-state index in [4.69, 9.17) is 5.73 Å². The van der Waals surface area contributed by atoms with Gasteiger partial charge >= 0.3 is 0 Å². The third-order valence-electron chi connectivity index (χ3n) is 2.24. The average Bonchev–Trinajstić information content (AvgIpc) is 2.25. The summed E-state index contributed by atoms with van der Waals surface area (Å²) in [6.45, 7) is 0. The highest BCUT2D eigenvalue weighted by molar-refractivity contribution is 7.80. The molecule has 2 amide bonds. The lowest BCUT2D eigenvalue weighted by atomic mass is 10.1. The van der Waals surface area contributed by atoms with Gasteiger partial charge in [0, 0.05) is 5.69 Å². The van der Waals surface area contributed by atoms with Gasteiger partial charge in [-0.2, -0.15) is 0 Å². The smallest absolute Gasteiger partial charge is 0.263 e. The van der Waals surface area contributed by atoms with Gasteiger partial charge in [0.15, 0.2) is 5.11 Å². The van der Waals surface area contributed by atoms with Crippen LogP contribution in [0.15, 0.2) is 29.8 Å². The van der Waals surface area contributed by atoms with E-state index >= 15 is 0 Å². The van der Waals surface area contributed by atoms with E-state index in [2.05, 4.69) is 22.9 Å². The summed E-state index contributed by atoms with van der Waals surface area (Å²) < 4.78 is 0. The molecular weight excluding hydrogens is 238 g/mol. The highest BCUT2D eigenvalue weighted by atomic mass is 32.1. The number of thiocarbonyl (C=S) groups is 1. The maximum absolute atomic E-state index is 11.6. The quantitative estimate of drug-likeness (QED) is 0.286. The van der Waals surface area contributed by atoms with E-state index in [1.807, 2.05) is 0 Å². The minimum atomic E-state index is -0.526. The summed E-state index contributed by atoms with van der Waals surface area (Å²) in [7, 11) is 0. The zero-order valence-electron chi connectivity index (χ0n) is 8.69. The Kier molecular flexibility index (Phi) is 2.88. The predicted octanol–water partition coefficient (Wildman–Crippen LogP) is 0.183. The second-order valence-electron chi connectivity index (χ2n) is 3.42. The van der Waals surface area contributed by atoms with Gasteiger partial charge in [-0.05, 0) is 29.9 Å². The maximum Gasteiger partial charge on any atom is 0.263 e. The number of nitrogens with two attached hydrogens (primary N) is 1. The molecule has 0 aliphatic carbocycles. The minimum absolute atomic E-state index is 0.0122. The summed E-state index contributed by atoms with van der Waals surface area (Å²) in [6.07, 6.45) is 1.43. The first-order chi connectivity index (χ1) is 8.08. The van der Waals surface area contributed by atoms with Crippen molar-refractivity contribution in [1.29, 1.82) is 0 Å². The number of carbonyl (C=O) groups is 2. The molecule has 1 aromatic rings. The van der Waals surface area contributed by atoms with Gasteiger partial charge in [-0.25, -0.2) is 0 Å². The summed E-state index contributed by atoms with van der Waals surface area (Å²) in [6, 6.07) is 6.95. The topological polar surface area (TPSA) is 84.2 Å². The molecule has 0 atom stereocenters. The Hall–Kier alpha value is -2.21. The van der Waals surface area contributed by atoms with E-state index in [9.17, 15) is 9.59 Å². The van der Waals surface area contributed by atoms with Crippen molar-refractivity contribution in [3.8, 4) is 0 Å². The summed E-state index contributed by atoms with van der Waals surface area (Å²) in [5.74, 6) is -1.05. The molecular formula is C11H9N3O2S. The Labute approximate surface area is 103 Å². The lowest BCUT2D eigenvalue weighted by molar-refractivity contribution is -0.123. The van der Waals surface area contributed by atoms with E-state index in [0.29, 0.717) is 11.3 Å². The predicted molar refractivity (Wildman–Crippen MR) is 67.7 cm³/mol. The van der Waals surface area contributed by atoms with Crippen LogP contribution in [0.5, 0.6) is 0 Å². The van der Waals surface area contributed by atoms with Crippen molar-refractivity contribution in [2.45, 2.75) is 0 Å². The SMILES string of the molecule is Nc1ccccc1C=C1C(=O)NC(=S)NC1=O. The van der Waals surface area contributed by atoms with E-state index in [1.165, 1.54) is 6.08 Å². The van der Waals surface area contributed by atoms with Crippen molar-refractivity contribution in [1.82, 2.24) is 10.6 Å². The molecule has 0 saturated carbocycles. The Morgan fingerprint density at radius 2 is 1.71 bits per heavy atom. The van der Waals surface area contributed by atoms with Gasteiger partial charge in [-0.1, -0.05) is 18.2 Å². The van der Waals surface area contributed by atoms with Gasteiger partial charge in [0.1, 0.15) is 5.57 Å². The summed E-state index contributed by atoms with van der Waals surface area (Å²) in [5.41, 5.74) is 6.81. The van der Waals surface area contributed by atoms with Crippen LogP contribution in [0.3, 0.4) is 0 Å². The monoisotopic (exact) mass is 247 g/mol. The van der Waals surface area contributed by atoms with E-state index in [0.717, 1.165) is 0 Å². The largest absolute Gasteiger partial charge is 0.398 e. The van der Waals surface area contributed by atoms with E-state index < -0.39 is 11.8 Å². The number of nitrogens with one attached hydrogen (secondary N) is 2. The molecule has 0 radical (unpaired) electrons. The van der Waals surface area contributed by atoms with Crippen molar-refractivity contribution in [3.05, 3.63) is 35.4 Å². The van der Waals surface area contributed by atoms with Gasteiger partial charge in [-0.3, -0.25) is 20.2 Å². The Balaban J connectivity index is 2.40. The molecule has 0 aromatic heterocycles. The van der Waals surface area contributed by atoms with Crippen molar-refractivity contribution < 1.29 is 9.59 Å². The Morgan fingerprint density at radius 3 is 2.29 bits per heavy atom. The van der Waals surface area contributed by atoms with Crippen LogP contribution in [0.2, 0.25) is 0 Å². The molecule has 0 unspecified atom stereocenters. The average molecular weight is 247 g/mol. The van der Waals surface area contributed by atoms with Crippen LogP contribution in [0.25, 0.3) is 6.08 Å². The highest BCUT2D eigenvalue weighted by Gasteiger charge is 2.25. The van der Waals surface area contributed by atoms with Crippen LogP contribution < -0.4 is 16.4 Å². The number of amides is 2. The molecule has 1 saturated heterocycles. The highest BCUT2D eigenvalue weighted by Crippen LogP contribution is 2.15. The lowest BCUT2D eigenvalue weighted by Gasteiger charge is -2.16. The molecule has 4 N–H and O–H groups in total. The first kappa shape index (κ1) is 11.3. The zero-order valence-corrected chi connectivity index (χ0v) is 9.51. The van der Waals surface area contributed by atoms with Crippen LogP contribution in [0.1, 0.15) is 5.56 Å². The van der Waals surface area contributed by atoms with Crippen molar-refractivity contribution >= 4 is 40.9 Å². The first-order valence-electron chi connectivity index (χ1n) is 4.81. The summed E-state index contributed by atoms with van der Waals surface area (Å²) >= 11 is 4.69. The Bertz CT molecular complexity index is 529. The van der Waals surface area contributed by atoms with Gasteiger partial charge in [0.2, 0.25) is 0 Å². The number of anilines is 1. The fraction of sp³-hybridized carbons (Fsp3) is 0. The molecule has 0 bridgehead atoms. The molecule has 1 heterocycles. The second kappa shape index (κ2) is 4.34. The Morgan fingerprint density at radius 1 is 1.12 bits per heavy atom. The van der Waals surface area contributed by atoms with Crippen molar-refractivity contribution in [3.63, 3.8) is 0 Å². The lowest BCUT2D eigenvalue weighted by Crippen LogP contribution is -2.51. The molecule has 1 aliphatic heterocycles. The van der Waals surface area contributed by atoms with Crippen LogP contribution in [0.4, 0.5) is 5.69 Å². The fourth-order valence-corrected chi connectivity index (χ4v) is 1.59. The van der Waals surface area contributed by atoms with Gasteiger partial charge < -0.3 is 5.73 Å².